The number of hydrogen-bond acceptors (Lipinski definition) is 8. The highest BCUT2D eigenvalue weighted by atomic mass is 32.2. The van der Waals surface area contributed by atoms with Crippen LogP contribution >= 0.6 is 23.1 Å². The van der Waals surface area contributed by atoms with Gasteiger partial charge in [-0.2, -0.15) is 0 Å². The van der Waals surface area contributed by atoms with Gasteiger partial charge in [0.15, 0.2) is 4.34 Å². The fourth-order valence-corrected chi connectivity index (χ4v) is 3.28. The Morgan fingerprint density at radius 1 is 1.38 bits per heavy atom. The first-order valence-corrected chi connectivity index (χ1v) is 9.66. The molecule has 9 heteroatoms. The van der Waals surface area contributed by atoms with Crippen LogP contribution in [-0.2, 0) is 10.2 Å². The van der Waals surface area contributed by atoms with Gasteiger partial charge in [0, 0.05) is 18.0 Å². The Bertz CT molecular complexity index is 663. The van der Waals surface area contributed by atoms with Crippen molar-refractivity contribution in [2.24, 2.45) is 0 Å². The Morgan fingerprint density at radius 2 is 2.17 bits per heavy atom. The Morgan fingerprint density at radius 3 is 2.83 bits per heavy atom. The van der Waals surface area contributed by atoms with Crippen molar-refractivity contribution in [1.29, 1.82) is 0 Å². The quantitative estimate of drug-likeness (QED) is 0.540. The molecule has 2 N–H and O–H groups in total. The van der Waals surface area contributed by atoms with E-state index in [0.29, 0.717) is 5.88 Å². The van der Waals surface area contributed by atoms with Gasteiger partial charge < -0.3 is 9.84 Å². The highest BCUT2D eigenvalue weighted by Gasteiger charge is 2.19. The third kappa shape index (κ3) is 5.79. The highest BCUT2D eigenvalue weighted by Crippen LogP contribution is 2.26. The van der Waals surface area contributed by atoms with E-state index in [2.05, 4.69) is 32.9 Å². The zero-order valence-corrected chi connectivity index (χ0v) is 16.0. The van der Waals surface area contributed by atoms with Crippen molar-refractivity contribution in [1.82, 2.24) is 15.4 Å². The summed E-state index contributed by atoms with van der Waals surface area (Å²) in [6.45, 7) is 9.13. The van der Waals surface area contributed by atoms with Crippen molar-refractivity contribution in [3.05, 3.63) is 11.8 Å². The Kier molecular flexibility index (Phi) is 6.61. The van der Waals surface area contributed by atoms with Gasteiger partial charge in [0.2, 0.25) is 16.9 Å². The van der Waals surface area contributed by atoms with Gasteiger partial charge in [-0.15, -0.1) is 10.2 Å². The lowest BCUT2D eigenvalue weighted by Gasteiger charge is -2.12. The standard InChI is InChI=1S/C15H23N5O2S2/c1-5-6-7-16-13-18-19-14(24-13)23-9-11(21)17-12-8-10(20-22-12)15(2,3)4/h8H,5-7,9H2,1-4H3,(H,16,18)(H,17,21). The number of hydrogen-bond donors (Lipinski definition) is 2. The molecule has 2 aromatic heterocycles. The third-order valence-electron chi connectivity index (χ3n) is 3.08. The molecular weight excluding hydrogens is 346 g/mol. The Hall–Kier alpha value is -1.61. The van der Waals surface area contributed by atoms with Gasteiger partial charge in [-0.05, 0) is 6.42 Å². The summed E-state index contributed by atoms with van der Waals surface area (Å²) >= 11 is 2.80. The summed E-state index contributed by atoms with van der Waals surface area (Å²) in [5, 5.41) is 18.8. The molecule has 0 spiro atoms. The molecule has 0 aliphatic heterocycles. The minimum absolute atomic E-state index is 0.116. The normalized spacial score (nSPS) is 11.5. The first-order chi connectivity index (χ1) is 11.4. The van der Waals surface area contributed by atoms with Crippen molar-refractivity contribution in [2.75, 3.05) is 22.9 Å². The zero-order valence-electron chi connectivity index (χ0n) is 14.4. The Labute approximate surface area is 150 Å². The van der Waals surface area contributed by atoms with E-state index in [0.717, 1.165) is 34.6 Å². The summed E-state index contributed by atoms with van der Waals surface area (Å²) in [7, 11) is 0. The number of nitrogens with zero attached hydrogens (tertiary/aromatic N) is 3. The van der Waals surface area contributed by atoms with E-state index < -0.39 is 0 Å². The molecule has 2 aromatic rings. The third-order valence-corrected chi connectivity index (χ3v) is 5.10. The smallest absolute Gasteiger partial charge is 0.237 e. The largest absolute Gasteiger partial charge is 0.360 e. The number of carbonyl (C=O) groups excluding carboxylic acids is 1. The number of thioether (sulfide) groups is 1. The van der Waals surface area contributed by atoms with Crippen molar-refractivity contribution in [3.8, 4) is 0 Å². The van der Waals surface area contributed by atoms with Crippen LogP contribution in [0.25, 0.3) is 0 Å². The van der Waals surface area contributed by atoms with Crippen LogP contribution in [0.3, 0.4) is 0 Å². The molecule has 2 heterocycles. The second-order valence-corrected chi connectivity index (χ2v) is 8.52. The molecule has 2 rings (SSSR count). The average Bonchev–Trinajstić information content (AvgIpc) is 3.14. The maximum Gasteiger partial charge on any atom is 0.237 e. The average molecular weight is 370 g/mol. The molecule has 0 atom stereocenters. The predicted octanol–water partition coefficient (Wildman–Crippen LogP) is 3.77. The molecule has 0 aliphatic rings. The van der Waals surface area contributed by atoms with E-state index in [4.69, 9.17) is 4.52 Å². The van der Waals surface area contributed by atoms with Gasteiger partial charge in [-0.25, -0.2) is 0 Å². The van der Waals surface area contributed by atoms with E-state index >= 15 is 0 Å². The van der Waals surface area contributed by atoms with Gasteiger partial charge in [0.25, 0.3) is 0 Å². The topological polar surface area (TPSA) is 92.9 Å². The molecule has 1 amide bonds. The number of amides is 1. The molecule has 0 bridgehead atoms. The molecule has 0 saturated carbocycles. The lowest BCUT2D eigenvalue weighted by molar-refractivity contribution is -0.113. The molecule has 0 aromatic carbocycles. The lowest BCUT2D eigenvalue weighted by Crippen LogP contribution is -2.14. The number of aromatic nitrogens is 3. The molecule has 0 aliphatic carbocycles. The van der Waals surface area contributed by atoms with Crippen LogP contribution in [0.5, 0.6) is 0 Å². The fourth-order valence-electron chi connectivity index (χ4n) is 1.70. The highest BCUT2D eigenvalue weighted by molar-refractivity contribution is 8.01. The van der Waals surface area contributed by atoms with Gasteiger partial charge >= 0.3 is 0 Å². The Balaban J connectivity index is 1.78. The van der Waals surface area contributed by atoms with Gasteiger partial charge in [-0.1, -0.05) is 62.4 Å². The lowest BCUT2D eigenvalue weighted by atomic mass is 9.92. The molecule has 0 saturated heterocycles. The van der Waals surface area contributed by atoms with E-state index in [-0.39, 0.29) is 17.1 Å². The van der Waals surface area contributed by atoms with Crippen LogP contribution in [-0.4, -0.2) is 33.6 Å². The number of nitrogens with one attached hydrogen (secondary N) is 2. The van der Waals surface area contributed by atoms with Gasteiger partial charge in [0.1, 0.15) is 0 Å². The van der Waals surface area contributed by atoms with Crippen molar-refractivity contribution >= 4 is 40.0 Å². The second kappa shape index (κ2) is 8.48. The van der Waals surface area contributed by atoms with Crippen LogP contribution in [0.2, 0.25) is 0 Å². The molecular formula is C15H23N5O2S2. The molecule has 0 fully saturated rings. The maximum absolute atomic E-state index is 12.0. The SMILES string of the molecule is CCCCNc1nnc(SCC(=O)Nc2cc(C(C)(C)C)no2)s1. The summed E-state index contributed by atoms with van der Waals surface area (Å²) in [6, 6.07) is 1.75. The van der Waals surface area contributed by atoms with Crippen LogP contribution in [0.15, 0.2) is 14.9 Å². The number of rotatable bonds is 8. The molecule has 7 nitrogen and oxygen atoms in total. The number of unbranched alkanes of at least 4 members (excludes halogenated alkanes) is 1. The number of carbonyl (C=O) groups is 1. The summed E-state index contributed by atoms with van der Waals surface area (Å²) < 4.78 is 5.91. The summed E-state index contributed by atoms with van der Waals surface area (Å²) in [4.78, 5) is 12.0. The second-order valence-electron chi connectivity index (χ2n) is 6.32. The van der Waals surface area contributed by atoms with Crippen LogP contribution in [0.1, 0.15) is 46.2 Å². The molecule has 24 heavy (non-hydrogen) atoms. The molecule has 0 unspecified atom stereocenters. The van der Waals surface area contributed by atoms with E-state index in [1.54, 1.807) is 6.07 Å². The van der Waals surface area contributed by atoms with Crippen LogP contribution in [0, 0.1) is 0 Å². The van der Waals surface area contributed by atoms with Gasteiger partial charge in [-0.3, -0.25) is 10.1 Å². The summed E-state index contributed by atoms with van der Waals surface area (Å²) in [5.74, 6) is 0.451. The van der Waals surface area contributed by atoms with E-state index in [1.807, 2.05) is 20.8 Å². The first-order valence-electron chi connectivity index (χ1n) is 7.85. The predicted molar refractivity (Wildman–Crippen MR) is 97.9 cm³/mol. The maximum atomic E-state index is 12.0. The van der Waals surface area contributed by atoms with Gasteiger partial charge in [0.05, 0.1) is 11.4 Å². The van der Waals surface area contributed by atoms with Crippen LogP contribution in [0.4, 0.5) is 11.0 Å². The van der Waals surface area contributed by atoms with Crippen molar-refractivity contribution in [2.45, 2.75) is 50.3 Å². The minimum Gasteiger partial charge on any atom is -0.360 e. The minimum atomic E-state index is -0.160. The van der Waals surface area contributed by atoms with E-state index in [9.17, 15) is 4.79 Å². The molecule has 0 radical (unpaired) electrons. The van der Waals surface area contributed by atoms with Crippen molar-refractivity contribution < 1.29 is 9.32 Å². The summed E-state index contributed by atoms with van der Waals surface area (Å²) in [6.07, 6.45) is 2.23. The van der Waals surface area contributed by atoms with E-state index in [1.165, 1.54) is 23.1 Å². The first kappa shape index (κ1) is 18.7. The van der Waals surface area contributed by atoms with Crippen molar-refractivity contribution in [3.63, 3.8) is 0 Å². The summed E-state index contributed by atoms with van der Waals surface area (Å²) in [5.41, 5.74) is 0.687. The fraction of sp³-hybridized carbons (Fsp3) is 0.600. The zero-order chi connectivity index (χ0) is 17.6. The molecule has 132 valence electrons. The monoisotopic (exact) mass is 369 g/mol. The van der Waals surface area contributed by atoms with Crippen LogP contribution < -0.4 is 10.6 Å². The number of anilines is 2.